The minimum Gasteiger partial charge on any atom is -0.206 e. The number of halogens is 1. The first-order valence-corrected chi connectivity index (χ1v) is 6.00. The SMILES string of the molecule is Cc1c(-c2ccccc2F)ccc2ccccc12. The summed E-state index contributed by atoms with van der Waals surface area (Å²) in [5.41, 5.74) is 2.76. The van der Waals surface area contributed by atoms with Crippen molar-refractivity contribution in [1.82, 2.24) is 0 Å². The lowest BCUT2D eigenvalue weighted by Crippen LogP contribution is -1.88. The molecule has 0 spiro atoms. The zero-order valence-corrected chi connectivity index (χ0v) is 10.2. The van der Waals surface area contributed by atoms with E-state index < -0.39 is 0 Å². The summed E-state index contributed by atoms with van der Waals surface area (Å²) in [4.78, 5) is 0. The summed E-state index contributed by atoms with van der Waals surface area (Å²) in [5, 5.41) is 2.37. The molecule has 0 aliphatic carbocycles. The van der Waals surface area contributed by atoms with Crippen LogP contribution in [0.25, 0.3) is 21.9 Å². The minimum absolute atomic E-state index is 0.170. The molecule has 0 saturated carbocycles. The fourth-order valence-electron chi connectivity index (χ4n) is 2.40. The van der Waals surface area contributed by atoms with Crippen molar-refractivity contribution in [2.45, 2.75) is 6.92 Å². The van der Waals surface area contributed by atoms with Crippen LogP contribution in [0.15, 0.2) is 60.7 Å². The third-order valence-electron chi connectivity index (χ3n) is 3.36. The Morgan fingerprint density at radius 1 is 0.722 bits per heavy atom. The lowest BCUT2D eigenvalue weighted by molar-refractivity contribution is 0.631. The normalized spacial score (nSPS) is 10.8. The number of rotatable bonds is 1. The van der Waals surface area contributed by atoms with E-state index in [4.69, 9.17) is 0 Å². The van der Waals surface area contributed by atoms with Gasteiger partial charge in [-0.05, 0) is 34.9 Å². The van der Waals surface area contributed by atoms with E-state index >= 15 is 0 Å². The van der Waals surface area contributed by atoms with Gasteiger partial charge in [-0.25, -0.2) is 4.39 Å². The van der Waals surface area contributed by atoms with Crippen molar-refractivity contribution in [3.05, 3.63) is 72.0 Å². The van der Waals surface area contributed by atoms with Crippen LogP contribution < -0.4 is 0 Å². The van der Waals surface area contributed by atoms with Crippen LogP contribution in [0.5, 0.6) is 0 Å². The Morgan fingerprint density at radius 2 is 1.44 bits per heavy atom. The van der Waals surface area contributed by atoms with E-state index in [-0.39, 0.29) is 5.82 Å². The molecule has 18 heavy (non-hydrogen) atoms. The molecule has 1 heteroatoms. The first kappa shape index (κ1) is 11.0. The van der Waals surface area contributed by atoms with E-state index in [1.807, 2.05) is 43.3 Å². The van der Waals surface area contributed by atoms with Crippen molar-refractivity contribution in [3.8, 4) is 11.1 Å². The molecule has 0 heterocycles. The lowest BCUT2D eigenvalue weighted by Gasteiger charge is -2.10. The van der Waals surface area contributed by atoms with Crippen LogP contribution in [0.3, 0.4) is 0 Å². The van der Waals surface area contributed by atoms with Crippen LogP contribution in [0.4, 0.5) is 4.39 Å². The molecule has 0 fully saturated rings. The number of aryl methyl sites for hydroxylation is 1. The largest absolute Gasteiger partial charge is 0.206 e. The highest BCUT2D eigenvalue weighted by atomic mass is 19.1. The monoisotopic (exact) mass is 236 g/mol. The highest BCUT2D eigenvalue weighted by Gasteiger charge is 2.08. The van der Waals surface area contributed by atoms with Gasteiger partial charge in [-0.2, -0.15) is 0 Å². The van der Waals surface area contributed by atoms with Crippen LogP contribution in [0.1, 0.15) is 5.56 Å². The number of benzene rings is 3. The standard InChI is InChI=1S/C17H13F/c1-12-14-7-3-2-6-13(14)10-11-15(12)16-8-4-5-9-17(16)18/h2-11H,1H3. The summed E-state index contributed by atoms with van der Waals surface area (Å²) >= 11 is 0. The Labute approximate surface area is 106 Å². The summed E-state index contributed by atoms with van der Waals surface area (Å²) in [5.74, 6) is -0.170. The van der Waals surface area contributed by atoms with Crippen molar-refractivity contribution in [1.29, 1.82) is 0 Å². The third kappa shape index (κ3) is 1.68. The zero-order chi connectivity index (χ0) is 12.5. The fraction of sp³-hybridized carbons (Fsp3) is 0.0588. The van der Waals surface area contributed by atoms with E-state index in [2.05, 4.69) is 12.1 Å². The molecule has 0 aliphatic heterocycles. The first-order chi connectivity index (χ1) is 8.77. The van der Waals surface area contributed by atoms with Crippen molar-refractivity contribution in [3.63, 3.8) is 0 Å². The topological polar surface area (TPSA) is 0 Å². The summed E-state index contributed by atoms with van der Waals surface area (Å²) in [6, 6.07) is 19.1. The van der Waals surface area contributed by atoms with E-state index in [0.29, 0.717) is 5.56 Å². The molecule has 0 radical (unpaired) electrons. The molecular formula is C17H13F. The van der Waals surface area contributed by atoms with Gasteiger partial charge in [0.15, 0.2) is 0 Å². The molecule has 0 N–H and O–H groups in total. The van der Waals surface area contributed by atoms with E-state index in [1.165, 1.54) is 16.8 Å². The van der Waals surface area contributed by atoms with Gasteiger partial charge in [-0.1, -0.05) is 54.6 Å². The van der Waals surface area contributed by atoms with Gasteiger partial charge in [0.2, 0.25) is 0 Å². The average molecular weight is 236 g/mol. The lowest BCUT2D eigenvalue weighted by atomic mass is 9.95. The van der Waals surface area contributed by atoms with Gasteiger partial charge >= 0.3 is 0 Å². The molecule has 3 rings (SSSR count). The molecule has 0 atom stereocenters. The van der Waals surface area contributed by atoms with Crippen LogP contribution in [-0.4, -0.2) is 0 Å². The summed E-state index contributed by atoms with van der Waals surface area (Å²) < 4.78 is 13.9. The Hall–Kier alpha value is -2.15. The molecule has 3 aromatic carbocycles. The van der Waals surface area contributed by atoms with Crippen LogP contribution in [0, 0.1) is 12.7 Å². The number of hydrogen-bond donors (Lipinski definition) is 0. The Kier molecular flexibility index (Phi) is 2.60. The van der Waals surface area contributed by atoms with Crippen molar-refractivity contribution in [2.75, 3.05) is 0 Å². The highest BCUT2D eigenvalue weighted by Crippen LogP contribution is 2.30. The second-order valence-electron chi connectivity index (χ2n) is 4.44. The molecule has 0 unspecified atom stereocenters. The van der Waals surface area contributed by atoms with Gasteiger partial charge in [0.25, 0.3) is 0 Å². The highest BCUT2D eigenvalue weighted by molar-refractivity contribution is 5.91. The zero-order valence-electron chi connectivity index (χ0n) is 10.2. The fourth-order valence-corrected chi connectivity index (χ4v) is 2.40. The van der Waals surface area contributed by atoms with Crippen LogP contribution in [0.2, 0.25) is 0 Å². The molecule has 3 aromatic rings. The van der Waals surface area contributed by atoms with Gasteiger partial charge in [0.1, 0.15) is 5.82 Å². The number of hydrogen-bond acceptors (Lipinski definition) is 0. The Bertz CT molecular complexity index is 714. The second-order valence-corrected chi connectivity index (χ2v) is 4.44. The van der Waals surface area contributed by atoms with Gasteiger partial charge < -0.3 is 0 Å². The predicted octanol–water partition coefficient (Wildman–Crippen LogP) is 4.95. The smallest absolute Gasteiger partial charge is 0.131 e. The van der Waals surface area contributed by atoms with Gasteiger partial charge in [0, 0.05) is 5.56 Å². The van der Waals surface area contributed by atoms with Crippen LogP contribution in [-0.2, 0) is 0 Å². The summed E-state index contributed by atoms with van der Waals surface area (Å²) in [6.45, 7) is 2.05. The maximum atomic E-state index is 13.9. The molecule has 0 amide bonds. The molecule has 0 nitrogen and oxygen atoms in total. The average Bonchev–Trinajstić information content (AvgIpc) is 2.41. The third-order valence-corrected chi connectivity index (χ3v) is 3.36. The molecule has 0 saturated heterocycles. The van der Waals surface area contributed by atoms with Gasteiger partial charge in [-0.3, -0.25) is 0 Å². The van der Waals surface area contributed by atoms with Crippen molar-refractivity contribution < 1.29 is 4.39 Å². The molecule has 0 aromatic heterocycles. The Balaban J connectivity index is 2.31. The Morgan fingerprint density at radius 3 is 2.28 bits per heavy atom. The van der Waals surface area contributed by atoms with Gasteiger partial charge in [0.05, 0.1) is 0 Å². The molecule has 88 valence electrons. The van der Waals surface area contributed by atoms with E-state index in [9.17, 15) is 4.39 Å². The predicted molar refractivity (Wildman–Crippen MR) is 74.1 cm³/mol. The van der Waals surface area contributed by atoms with E-state index in [0.717, 1.165) is 11.1 Å². The van der Waals surface area contributed by atoms with Gasteiger partial charge in [-0.15, -0.1) is 0 Å². The first-order valence-electron chi connectivity index (χ1n) is 6.00. The summed E-state index contributed by atoms with van der Waals surface area (Å²) in [7, 11) is 0. The molecule has 0 bridgehead atoms. The van der Waals surface area contributed by atoms with Crippen LogP contribution >= 0.6 is 0 Å². The second kappa shape index (κ2) is 4.26. The minimum atomic E-state index is -0.170. The number of fused-ring (bicyclic) bond motifs is 1. The van der Waals surface area contributed by atoms with Crippen molar-refractivity contribution in [2.24, 2.45) is 0 Å². The molecule has 0 aliphatic rings. The maximum Gasteiger partial charge on any atom is 0.131 e. The summed E-state index contributed by atoms with van der Waals surface area (Å²) in [6.07, 6.45) is 0. The van der Waals surface area contributed by atoms with Crippen molar-refractivity contribution >= 4 is 10.8 Å². The quantitative estimate of drug-likeness (QED) is 0.560. The molecular weight excluding hydrogens is 223 g/mol. The maximum absolute atomic E-state index is 13.9. The van der Waals surface area contributed by atoms with E-state index in [1.54, 1.807) is 6.07 Å².